The van der Waals surface area contributed by atoms with Gasteiger partial charge >= 0.3 is 11.9 Å². The van der Waals surface area contributed by atoms with Gasteiger partial charge in [0.2, 0.25) is 0 Å². The molecule has 1 unspecified atom stereocenters. The van der Waals surface area contributed by atoms with Gasteiger partial charge in [0.1, 0.15) is 5.60 Å². The van der Waals surface area contributed by atoms with Crippen LogP contribution in [0.3, 0.4) is 0 Å². The first-order chi connectivity index (χ1) is 7.70. The van der Waals surface area contributed by atoms with Crippen molar-refractivity contribution in [3.05, 3.63) is 23.3 Å². The van der Waals surface area contributed by atoms with Gasteiger partial charge in [-0.25, -0.2) is 9.59 Å². The summed E-state index contributed by atoms with van der Waals surface area (Å²) in [6, 6.07) is -0.368. The van der Waals surface area contributed by atoms with Crippen molar-refractivity contribution >= 4 is 11.9 Å². The van der Waals surface area contributed by atoms with Gasteiger partial charge in [0.05, 0.1) is 11.1 Å². The lowest BCUT2D eigenvalue weighted by molar-refractivity contribution is -0.150. The van der Waals surface area contributed by atoms with E-state index in [1.807, 2.05) is 0 Å². The molecular weight excluding hydrogens is 222 g/mol. The highest BCUT2D eigenvalue weighted by atomic mass is 16.6. The van der Waals surface area contributed by atoms with E-state index in [-0.39, 0.29) is 23.6 Å². The molecule has 0 amide bonds. The van der Waals surface area contributed by atoms with Gasteiger partial charge in [-0.2, -0.15) is 0 Å². The number of carboxylic acid groups (broad SMARTS) is 1. The second-order valence-corrected chi connectivity index (χ2v) is 4.93. The van der Waals surface area contributed by atoms with Crippen LogP contribution in [-0.4, -0.2) is 28.7 Å². The van der Waals surface area contributed by atoms with Crippen molar-refractivity contribution in [2.24, 2.45) is 5.73 Å². The molecule has 0 saturated carbocycles. The molecule has 1 atom stereocenters. The molecule has 1 aliphatic carbocycles. The van der Waals surface area contributed by atoms with Crippen LogP contribution in [0.2, 0.25) is 0 Å². The highest BCUT2D eigenvalue weighted by Crippen LogP contribution is 2.22. The van der Waals surface area contributed by atoms with Crippen molar-refractivity contribution < 1.29 is 19.4 Å². The Morgan fingerprint density at radius 2 is 2.06 bits per heavy atom. The highest BCUT2D eigenvalue weighted by Gasteiger charge is 2.27. The number of carbonyl (C=O) groups excluding carboxylic acids is 1. The molecule has 17 heavy (non-hydrogen) atoms. The molecule has 3 N–H and O–H groups in total. The van der Waals surface area contributed by atoms with E-state index in [1.54, 1.807) is 26.8 Å². The zero-order chi connectivity index (χ0) is 13.2. The minimum atomic E-state index is -1.13. The van der Waals surface area contributed by atoms with Gasteiger partial charge in [-0.15, -0.1) is 0 Å². The van der Waals surface area contributed by atoms with Crippen molar-refractivity contribution in [3.8, 4) is 0 Å². The summed E-state index contributed by atoms with van der Waals surface area (Å²) in [5.74, 6) is -1.76. The molecule has 0 aromatic heterocycles. The summed E-state index contributed by atoms with van der Waals surface area (Å²) in [5, 5.41) is 9.02. The standard InChI is InChI=1S/C12H17NO4/c1-12(2,3)17-11(16)8-5-4-7(13)6-9(8)10(14)15/h4-5,7H,6,13H2,1-3H3,(H,14,15). The van der Waals surface area contributed by atoms with Gasteiger partial charge in [0.25, 0.3) is 0 Å². The number of esters is 1. The van der Waals surface area contributed by atoms with E-state index in [9.17, 15) is 9.59 Å². The maximum Gasteiger partial charge on any atom is 0.339 e. The summed E-state index contributed by atoms with van der Waals surface area (Å²) in [6.07, 6.45) is 3.16. The number of hydrogen-bond donors (Lipinski definition) is 2. The Morgan fingerprint density at radius 3 is 2.53 bits per heavy atom. The van der Waals surface area contributed by atoms with Crippen LogP contribution in [-0.2, 0) is 14.3 Å². The third kappa shape index (κ3) is 3.71. The first-order valence-electron chi connectivity index (χ1n) is 5.34. The topological polar surface area (TPSA) is 89.6 Å². The first kappa shape index (κ1) is 13.4. The quantitative estimate of drug-likeness (QED) is 0.701. The minimum Gasteiger partial charge on any atom is -0.478 e. The average Bonchev–Trinajstić information content (AvgIpc) is 2.14. The van der Waals surface area contributed by atoms with E-state index < -0.39 is 17.5 Å². The zero-order valence-electron chi connectivity index (χ0n) is 10.2. The first-order valence-corrected chi connectivity index (χ1v) is 5.34. The van der Waals surface area contributed by atoms with Crippen LogP contribution in [0.15, 0.2) is 23.3 Å². The lowest BCUT2D eigenvalue weighted by Crippen LogP contribution is -2.29. The van der Waals surface area contributed by atoms with Crippen LogP contribution in [0.5, 0.6) is 0 Å². The molecule has 0 spiro atoms. The molecule has 1 rings (SSSR count). The minimum absolute atomic E-state index is 0.00856. The molecule has 0 bridgehead atoms. The van der Waals surface area contributed by atoms with Crippen molar-refractivity contribution in [1.29, 1.82) is 0 Å². The van der Waals surface area contributed by atoms with Gasteiger partial charge in [-0.3, -0.25) is 0 Å². The maximum absolute atomic E-state index is 11.8. The molecule has 94 valence electrons. The number of carboxylic acids is 1. The molecule has 5 heteroatoms. The van der Waals surface area contributed by atoms with E-state index in [0.29, 0.717) is 0 Å². The molecular formula is C12H17NO4. The second-order valence-electron chi connectivity index (χ2n) is 4.93. The summed E-state index contributed by atoms with van der Waals surface area (Å²) in [6.45, 7) is 5.18. The molecule has 0 saturated heterocycles. The summed E-state index contributed by atoms with van der Waals surface area (Å²) in [4.78, 5) is 22.8. The van der Waals surface area contributed by atoms with E-state index in [0.717, 1.165) is 0 Å². The Labute approximate surface area is 99.9 Å². The molecule has 0 aromatic rings. The molecule has 0 aromatic carbocycles. The van der Waals surface area contributed by atoms with Crippen LogP contribution in [0, 0.1) is 0 Å². The number of hydrogen-bond acceptors (Lipinski definition) is 4. The molecule has 0 aliphatic heterocycles. The van der Waals surface area contributed by atoms with Crippen LogP contribution < -0.4 is 5.73 Å². The fraction of sp³-hybridized carbons (Fsp3) is 0.500. The summed E-state index contributed by atoms with van der Waals surface area (Å²) < 4.78 is 5.14. The van der Waals surface area contributed by atoms with E-state index >= 15 is 0 Å². The van der Waals surface area contributed by atoms with E-state index in [2.05, 4.69) is 0 Å². The highest BCUT2D eigenvalue weighted by molar-refractivity contribution is 6.02. The lowest BCUT2D eigenvalue weighted by Gasteiger charge is -2.22. The van der Waals surface area contributed by atoms with Crippen molar-refractivity contribution in [2.45, 2.75) is 38.8 Å². The fourth-order valence-corrected chi connectivity index (χ4v) is 1.46. The number of carbonyl (C=O) groups is 2. The van der Waals surface area contributed by atoms with Gasteiger partial charge in [-0.05, 0) is 33.3 Å². The summed E-state index contributed by atoms with van der Waals surface area (Å²) in [5.41, 5.74) is 5.05. The molecule has 5 nitrogen and oxygen atoms in total. The van der Waals surface area contributed by atoms with E-state index in [1.165, 1.54) is 6.08 Å². The summed E-state index contributed by atoms with van der Waals surface area (Å²) in [7, 11) is 0. The Balaban J connectivity index is 3.01. The predicted octanol–water partition coefficient (Wildman–Crippen LogP) is 0.996. The molecule has 0 radical (unpaired) electrons. The largest absolute Gasteiger partial charge is 0.478 e. The number of rotatable bonds is 2. The third-order valence-corrected chi connectivity index (χ3v) is 2.15. The van der Waals surface area contributed by atoms with Crippen molar-refractivity contribution in [1.82, 2.24) is 0 Å². The van der Waals surface area contributed by atoms with Crippen LogP contribution in [0.1, 0.15) is 27.2 Å². The van der Waals surface area contributed by atoms with Gasteiger partial charge < -0.3 is 15.6 Å². The van der Waals surface area contributed by atoms with Crippen LogP contribution in [0.25, 0.3) is 0 Å². The molecule has 0 fully saturated rings. The normalized spacial score (nSPS) is 20.4. The number of ether oxygens (including phenoxy) is 1. The predicted molar refractivity (Wildman–Crippen MR) is 62.2 cm³/mol. The lowest BCUT2D eigenvalue weighted by atomic mass is 9.94. The van der Waals surface area contributed by atoms with Crippen molar-refractivity contribution in [2.75, 3.05) is 0 Å². The number of aliphatic carboxylic acids is 1. The Hall–Kier alpha value is -1.62. The van der Waals surface area contributed by atoms with Crippen LogP contribution >= 0.6 is 0 Å². The van der Waals surface area contributed by atoms with Crippen LogP contribution in [0.4, 0.5) is 0 Å². The van der Waals surface area contributed by atoms with Gasteiger partial charge in [0, 0.05) is 6.04 Å². The third-order valence-electron chi connectivity index (χ3n) is 2.15. The van der Waals surface area contributed by atoms with Crippen molar-refractivity contribution in [3.63, 3.8) is 0 Å². The Kier molecular flexibility index (Phi) is 3.72. The van der Waals surface area contributed by atoms with Gasteiger partial charge in [0.15, 0.2) is 0 Å². The molecule has 1 aliphatic rings. The smallest absolute Gasteiger partial charge is 0.339 e. The summed E-state index contributed by atoms with van der Waals surface area (Å²) >= 11 is 0. The van der Waals surface area contributed by atoms with Gasteiger partial charge in [-0.1, -0.05) is 6.08 Å². The Morgan fingerprint density at radius 1 is 1.47 bits per heavy atom. The molecule has 0 heterocycles. The van der Waals surface area contributed by atoms with E-state index in [4.69, 9.17) is 15.6 Å². The Bertz CT molecular complexity index is 401. The number of nitrogens with two attached hydrogens (primary N) is 1. The second kappa shape index (κ2) is 4.71. The monoisotopic (exact) mass is 239 g/mol. The fourth-order valence-electron chi connectivity index (χ4n) is 1.46. The average molecular weight is 239 g/mol. The maximum atomic E-state index is 11.8. The SMILES string of the molecule is CC(C)(C)OC(=O)C1=C(C(=O)O)CC(N)C=C1. The zero-order valence-corrected chi connectivity index (χ0v) is 10.2.